The third kappa shape index (κ3) is 6.15. The molecular formula is C22H32N4O2. The molecule has 1 aromatic rings. The second-order valence-corrected chi connectivity index (χ2v) is 7.93. The van der Waals surface area contributed by atoms with Crippen LogP contribution in [0.15, 0.2) is 54.2 Å². The zero-order chi connectivity index (χ0) is 20.7. The van der Waals surface area contributed by atoms with Crippen molar-refractivity contribution < 1.29 is 9.53 Å². The van der Waals surface area contributed by atoms with Crippen molar-refractivity contribution in [3.63, 3.8) is 0 Å². The Morgan fingerprint density at radius 2 is 2.07 bits per heavy atom. The zero-order valence-corrected chi connectivity index (χ0v) is 17.3. The fourth-order valence-electron chi connectivity index (χ4n) is 3.28. The second-order valence-electron chi connectivity index (χ2n) is 7.93. The summed E-state index contributed by atoms with van der Waals surface area (Å²) in [4.78, 5) is 18.6. The Balaban J connectivity index is 2.05. The van der Waals surface area contributed by atoms with Crippen molar-refractivity contribution in [3.8, 4) is 0 Å². The van der Waals surface area contributed by atoms with Crippen molar-refractivity contribution in [2.24, 2.45) is 10.7 Å². The standard InChI is InChI=1S/C22H32N4O2/c1-6-8-13-24-20(23)16-9-11-19(12-10-16)26-15-17(14-18(26)7-2)25-21(27)28-22(3,4)5/h6,8-13,17-18H,1,7,14-15H2,2-5H3,(H2,23,24)(H,25,27)/b13-8-/t17-,18-/m0/s1. The lowest BCUT2D eigenvalue weighted by Gasteiger charge is -2.26. The Kier molecular flexibility index (Phi) is 7.26. The van der Waals surface area contributed by atoms with Crippen LogP contribution in [0.3, 0.4) is 0 Å². The monoisotopic (exact) mass is 384 g/mol. The van der Waals surface area contributed by atoms with Crippen molar-refractivity contribution >= 4 is 17.6 Å². The number of ether oxygens (including phenoxy) is 1. The molecule has 1 heterocycles. The van der Waals surface area contributed by atoms with Crippen LogP contribution < -0.4 is 16.0 Å². The summed E-state index contributed by atoms with van der Waals surface area (Å²) >= 11 is 0. The first-order valence-corrected chi connectivity index (χ1v) is 9.71. The lowest BCUT2D eigenvalue weighted by molar-refractivity contribution is 0.0508. The highest BCUT2D eigenvalue weighted by molar-refractivity contribution is 5.98. The van der Waals surface area contributed by atoms with Crippen molar-refractivity contribution in [1.82, 2.24) is 5.32 Å². The van der Waals surface area contributed by atoms with E-state index in [1.54, 1.807) is 18.4 Å². The summed E-state index contributed by atoms with van der Waals surface area (Å²) in [5, 5.41) is 3.00. The van der Waals surface area contributed by atoms with E-state index in [2.05, 4.69) is 28.7 Å². The molecule has 0 aliphatic carbocycles. The Morgan fingerprint density at radius 1 is 1.39 bits per heavy atom. The molecule has 1 aromatic carbocycles. The van der Waals surface area contributed by atoms with E-state index in [9.17, 15) is 4.79 Å². The molecule has 0 aromatic heterocycles. The van der Waals surface area contributed by atoms with E-state index in [-0.39, 0.29) is 12.1 Å². The maximum atomic E-state index is 12.1. The first-order chi connectivity index (χ1) is 13.2. The summed E-state index contributed by atoms with van der Waals surface area (Å²) in [5.74, 6) is 0.461. The number of allylic oxidation sites excluding steroid dienone is 2. The molecule has 2 rings (SSSR count). The molecule has 1 aliphatic rings. The number of alkyl carbamates (subject to hydrolysis) is 1. The number of hydrogen-bond acceptors (Lipinski definition) is 4. The van der Waals surface area contributed by atoms with Gasteiger partial charge in [-0.2, -0.15) is 0 Å². The number of nitrogens with one attached hydrogen (secondary N) is 1. The van der Waals surface area contributed by atoms with Crippen LogP contribution in [-0.4, -0.2) is 36.2 Å². The topological polar surface area (TPSA) is 80.0 Å². The van der Waals surface area contributed by atoms with Gasteiger partial charge >= 0.3 is 6.09 Å². The third-order valence-corrected chi connectivity index (χ3v) is 4.54. The molecule has 6 nitrogen and oxygen atoms in total. The molecule has 1 amide bonds. The van der Waals surface area contributed by atoms with E-state index in [0.29, 0.717) is 11.9 Å². The highest BCUT2D eigenvalue weighted by Crippen LogP contribution is 2.28. The van der Waals surface area contributed by atoms with Crippen molar-refractivity contribution in [3.05, 3.63) is 54.8 Å². The molecule has 152 valence electrons. The van der Waals surface area contributed by atoms with Crippen molar-refractivity contribution in [1.29, 1.82) is 0 Å². The molecule has 3 N–H and O–H groups in total. The molecule has 1 fully saturated rings. The number of carbonyl (C=O) groups is 1. The zero-order valence-electron chi connectivity index (χ0n) is 17.3. The molecule has 0 spiro atoms. The molecule has 0 saturated carbocycles. The minimum absolute atomic E-state index is 0.0650. The van der Waals surface area contributed by atoms with E-state index in [1.165, 1.54) is 0 Å². The molecule has 0 unspecified atom stereocenters. The van der Waals surface area contributed by atoms with Crippen LogP contribution in [0.2, 0.25) is 0 Å². The SMILES string of the molecule is C=C/C=C\N=C(N)c1ccc(N2C[C@@H](NC(=O)OC(C)(C)C)C[C@@H]2CC)cc1. The van der Waals surface area contributed by atoms with Crippen LogP contribution in [0, 0.1) is 0 Å². The molecule has 6 heteroatoms. The van der Waals surface area contributed by atoms with Gasteiger partial charge in [-0.3, -0.25) is 0 Å². The highest BCUT2D eigenvalue weighted by atomic mass is 16.6. The summed E-state index contributed by atoms with van der Waals surface area (Å²) in [7, 11) is 0. The highest BCUT2D eigenvalue weighted by Gasteiger charge is 2.32. The normalized spacial score (nSPS) is 20.4. The predicted molar refractivity (Wildman–Crippen MR) is 116 cm³/mol. The van der Waals surface area contributed by atoms with E-state index < -0.39 is 5.60 Å². The number of amides is 1. The van der Waals surface area contributed by atoms with Gasteiger partial charge in [0.2, 0.25) is 0 Å². The number of amidine groups is 1. The van der Waals surface area contributed by atoms with E-state index in [0.717, 1.165) is 30.6 Å². The summed E-state index contributed by atoms with van der Waals surface area (Å²) in [6.45, 7) is 12.1. The third-order valence-electron chi connectivity index (χ3n) is 4.54. The van der Waals surface area contributed by atoms with Gasteiger partial charge in [-0.05, 0) is 64.0 Å². The van der Waals surface area contributed by atoms with Gasteiger partial charge in [-0.25, -0.2) is 9.79 Å². The maximum absolute atomic E-state index is 12.1. The molecule has 1 aliphatic heterocycles. The molecule has 1 saturated heterocycles. The van der Waals surface area contributed by atoms with Gasteiger partial charge in [0.15, 0.2) is 0 Å². The average Bonchev–Trinajstić information content (AvgIpc) is 3.03. The predicted octanol–water partition coefficient (Wildman–Crippen LogP) is 3.97. The smallest absolute Gasteiger partial charge is 0.407 e. The van der Waals surface area contributed by atoms with Crippen molar-refractivity contribution in [2.75, 3.05) is 11.4 Å². The number of hydrogen-bond donors (Lipinski definition) is 2. The average molecular weight is 385 g/mol. The van der Waals surface area contributed by atoms with Gasteiger partial charge < -0.3 is 20.7 Å². The summed E-state index contributed by atoms with van der Waals surface area (Å²) in [5.41, 5.74) is 7.49. The number of nitrogens with zero attached hydrogens (tertiary/aromatic N) is 2. The molecule has 0 radical (unpaired) electrons. The second kappa shape index (κ2) is 9.44. The van der Waals surface area contributed by atoms with Crippen LogP contribution in [-0.2, 0) is 4.74 Å². The van der Waals surface area contributed by atoms with Gasteiger partial charge in [0.05, 0.1) is 6.04 Å². The summed E-state index contributed by atoms with van der Waals surface area (Å²) in [6.07, 6.45) is 6.55. The van der Waals surface area contributed by atoms with Crippen LogP contribution in [0.4, 0.5) is 10.5 Å². The first kappa shape index (κ1) is 21.5. The van der Waals surface area contributed by atoms with E-state index in [4.69, 9.17) is 10.5 Å². The van der Waals surface area contributed by atoms with Gasteiger partial charge in [-0.15, -0.1) is 0 Å². The van der Waals surface area contributed by atoms with Gasteiger partial charge in [0, 0.05) is 30.0 Å². The van der Waals surface area contributed by atoms with E-state index in [1.807, 2.05) is 45.0 Å². The van der Waals surface area contributed by atoms with E-state index >= 15 is 0 Å². The maximum Gasteiger partial charge on any atom is 0.407 e. The van der Waals surface area contributed by atoms with Gasteiger partial charge in [-0.1, -0.05) is 19.6 Å². The summed E-state index contributed by atoms with van der Waals surface area (Å²) in [6, 6.07) is 8.47. The number of aliphatic imine (C=N–C) groups is 1. The molecular weight excluding hydrogens is 352 g/mol. The Hall–Kier alpha value is -2.76. The molecule has 2 atom stereocenters. The number of benzene rings is 1. The number of rotatable bonds is 6. The van der Waals surface area contributed by atoms with Crippen molar-refractivity contribution in [2.45, 2.75) is 58.2 Å². The fraction of sp³-hybridized carbons (Fsp3) is 0.455. The summed E-state index contributed by atoms with van der Waals surface area (Å²) < 4.78 is 5.38. The van der Waals surface area contributed by atoms with Crippen LogP contribution >= 0.6 is 0 Å². The Morgan fingerprint density at radius 3 is 2.64 bits per heavy atom. The number of nitrogens with two attached hydrogens (primary N) is 1. The van der Waals surface area contributed by atoms with Crippen LogP contribution in [0.1, 0.15) is 46.1 Å². The van der Waals surface area contributed by atoms with Gasteiger partial charge in [0.25, 0.3) is 0 Å². The minimum atomic E-state index is -0.495. The minimum Gasteiger partial charge on any atom is -0.444 e. The number of anilines is 1. The van der Waals surface area contributed by atoms with Gasteiger partial charge in [0.1, 0.15) is 11.4 Å². The van der Waals surface area contributed by atoms with Crippen LogP contribution in [0.25, 0.3) is 0 Å². The number of carbonyl (C=O) groups excluding carboxylic acids is 1. The quantitative estimate of drug-likeness (QED) is 0.442. The molecule has 28 heavy (non-hydrogen) atoms. The lowest BCUT2D eigenvalue weighted by atomic mass is 10.1. The Labute approximate surface area is 168 Å². The van der Waals surface area contributed by atoms with Crippen LogP contribution in [0.5, 0.6) is 0 Å². The fourth-order valence-corrected chi connectivity index (χ4v) is 3.28. The lowest BCUT2D eigenvalue weighted by Crippen LogP contribution is -2.40. The Bertz CT molecular complexity index is 732. The molecule has 0 bridgehead atoms. The first-order valence-electron chi connectivity index (χ1n) is 9.71. The largest absolute Gasteiger partial charge is 0.444 e.